The number of aliphatic imine (C=N–C) groups is 1. The molecule has 0 radical (unpaired) electrons. The minimum atomic E-state index is -0.0983. The highest BCUT2D eigenvalue weighted by Gasteiger charge is 2.08. The van der Waals surface area contributed by atoms with Crippen molar-refractivity contribution in [1.82, 2.24) is 15.6 Å². The maximum absolute atomic E-state index is 12.0. The predicted octanol–water partition coefficient (Wildman–Crippen LogP) is 3.03. The number of anilines is 1. The first-order valence-electron chi connectivity index (χ1n) is 8.91. The number of nitrogens with zero attached hydrogens (tertiary/aromatic N) is 2. The second-order valence-electron chi connectivity index (χ2n) is 6.00. The van der Waals surface area contributed by atoms with Crippen molar-refractivity contribution in [3.05, 3.63) is 59.8 Å². The zero-order valence-corrected chi connectivity index (χ0v) is 15.6. The van der Waals surface area contributed by atoms with Gasteiger partial charge in [-0.25, -0.2) is 4.98 Å². The van der Waals surface area contributed by atoms with Crippen LogP contribution in [0.2, 0.25) is 0 Å². The molecule has 0 fully saturated rings. The number of hydrogen-bond acceptors (Lipinski definition) is 3. The van der Waals surface area contributed by atoms with Crippen LogP contribution in [0.15, 0.2) is 53.5 Å². The molecule has 138 valence electrons. The summed E-state index contributed by atoms with van der Waals surface area (Å²) in [7, 11) is 0. The van der Waals surface area contributed by atoms with Gasteiger partial charge in [0.2, 0.25) is 5.91 Å². The van der Waals surface area contributed by atoms with E-state index in [2.05, 4.69) is 45.0 Å². The van der Waals surface area contributed by atoms with Crippen molar-refractivity contribution in [3.8, 4) is 0 Å². The Bertz CT molecular complexity index is 730. The van der Waals surface area contributed by atoms with E-state index in [9.17, 15) is 4.79 Å². The first kappa shape index (κ1) is 19.4. The van der Waals surface area contributed by atoms with Crippen molar-refractivity contribution in [2.45, 2.75) is 33.2 Å². The molecule has 26 heavy (non-hydrogen) atoms. The van der Waals surface area contributed by atoms with Crippen LogP contribution >= 0.6 is 0 Å². The van der Waals surface area contributed by atoms with E-state index in [1.807, 2.05) is 44.2 Å². The lowest BCUT2D eigenvalue weighted by molar-refractivity contribution is -0.116. The number of rotatable bonds is 7. The number of carbonyl (C=O) groups excluding carboxylic acids is 1. The number of amides is 1. The van der Waals surface area contributed by atoms with Crippen molar-refractivity contribution in [1.29, 1.82) is 0 Å². The molecule has 0 saturated carbocycles. The van der Waals surface area contributed by atoms with Crippen LogP contribution in [0, 0.1) is 6.92 Å². The van der Waals surface area contributed by atoms with Gasteiger partial charge in [-0.3, -0.25) is 9.79 Å². The summed E-state index contributed by atoms with van der Waals surface area (Å²) in [5, 5.41) is 9.36. The molecule has 6 heteroatoms. The third kappa shape index (κ3) is 6.55. The van der Waals surface area contributed by atoms with Gasteiger partial charge in [0.15, 0.2) is 5.96 Å². The molecule has 2 aromatic rings. The number of nitrogens with one attached hydrogen (secondary N) is 3. The summed E-state index contributed by atoms with van der Waals surface area (Å²) in [5.41, 5.74) is 2.05. The quantitative estimate of drug-likeness (QED) is 0.528. The Morgan fingerprint density at radius 3 is 2.62 bits per heavy atom. The number of aromatic nitrogens is 1. The second-order valence-corrected chi connectivity index (χ2v) is 6.00. The van der Waals surface area contributed by atoms with Gasteiger partial charge >= 0.3 is 0 Å². The van der Waals surface area contributed by atoms with Crippen LogP contribution in [0.3, 0.4) is 0 Å². The number of benzene rings is 1. The molecule has 0 aliphatic heterocycles. The molecule has 2 rings (SSSR count). The Morgan fingerprint density at radius 2 is 1.92 bits per heavy atom. The molecule has 1 heterocycles. The van der Waals surface area contributed by atoms with Crippen molar-refractivity contribution >= 4 is 17.7 Å². The maximum Gasteiger partial charge on any atom is 0.227 e. The molecule has 1 unspecified atom stereocenters. The number of guanidine groups is 1. The highest BCUT2D eigenvalue weighted by atomic mass is 16.1. The molecule has 0 spiro atoms. The molecule has 0 aliphatic carbocycles. The second kappa shape index (κ2) is 10.2. The lowest BCUT2D eigenvalue weighted by Crippen LogP contribution is -2.38. The molecule has 1 atom stereocenters. The van der Waals surface area contributed by atoms with Gasteiger partial charge in [0.1, 0.15) is 5.82 Å². The maximum atomic E-state index is 12.0. The van der Waals surface area contributed by atoms with Crippen molar-refractivity contribution in [2.24, 2.45) is 4.99 Å². The molecule has 6 nitrogen and oxygen atoms in total. The van der Waals surface area contributed by atoms with Gasteiger partial charge in [0.25, 0.3) is 0 Å². The summed E-state index contributed by atoms with van der Waals surface area (Å²) < 4.78 is 0. The van der Waals surface area contributed by atoms with Crippen molar-refractivity contribution in [3.63, 3.8) is 0 Å². The fourth-order valence-electron chi connectivity index (χ4n) is 2.44. The Labute approximate surface area is 155 Å². The van der Waals surface area contributed by atoms with E-state index in [0.29, 0.717) is 24.7 Å². The van der Waals surface area contributed by atoms with Crippen LogP contribution in [0.5, 0.6) is 0 Å². The van der Waals surface area contributed by atoms with Gasteiger partial charge in [-0.2, -0.15) is 0 Å². The summed E-state index contributed by atoms with van der Waals surface area (Å²) in [6, 6.07) is 15.8. The Kier molecular flexibility index (Phi) is 7.61. The Balaban J connectivity index is 1.87. The van der Waals surface area contributed by atoms with E-state index >= 15 is 0 Å². The summed E-state index contributed by atoms with van der Waals surface area (Å²) in [6.07, 6.45) is 0.298. The molecule has 1 amide bonds. The number of aryl methyl sites for hydroxylation is 1. The summed E-state index contributed by atoms with van der Waals surface area (Å²) in [4.78, 5) is 20.8. The average molecular weight is 353 g/mol. The zero-order valence-electron chi connectivity index (χ0n) is 15.6. The molecule has 3 N–H and O–H groups in total. The largest absolute Gasteiger partial charge is 0.357 e. The molecular formula is C20H27N5O. The highest BCUT2D eigenvalue weighted by Crippen LogP contribution is 2.10. The van der Waals surface area contributed by atoms with E-state index in [-0.39, 0.29) is 11.9 Å². The molecule has 0 aliphatic rings. The third-order valence-corrected chi connectivity index (χ3v) is 3.76. The summed E-state index contributed by atoms with van der Waals surface area (Å²) in [6.45, 7) is 7.14. The first-order chi connectivity index (χ1) is 12.6. The molecule has 1 aromatic carbocycles. The fraction of sp³-hybridized carbons (Fsp3) is 0.350. The smallest absolute Gasteiger partial charge is 0.227 e. The predicted molar refractivity (Wildman–Crippen MR) is 106 cm³/mol. The van der Waals surface area contributed by atoms with Crippen LogP contribution < -0.4 is 16.0 Å². The average Bonchev–Trinajstić information content (AvgIpc) is 2.62. The van der Waals surface area contributed by atoms with Gasteiger partial charge < -0.3 is 16.0 Å². The minimum Gasteiger partial charge on any atom is -0.357 e. The number of hydrogen-bond donors (Lipinski definition) is 3. The van der Waals surface area contributed by atoms with Crippen molar-refractivity contribution < 1.29 is 4.79 Å². The lowest BCUT2D eigenvalue weighted by Gasteiger charge is -2.18. The Hall–Kier alpha value is -2.89. The van der Waals surface area contributed by atoms with Crippen LogP contribution in [0.1, 0.15) is 37.6 Å². The van der Waals surface area contributed by atoms with E-state index in [0.717, 1.165) is 12.2 Å². The van der Waals surface area contributed by atoms with Crippen LogP contribution in [-0.2, 0) is 4.79 Å². The normalized spacial score (nSPS) is 12.3. The number of pyridine rings is 1. The van der Waals surface area contributed by atoms with Crippen LogP contribution in [0.25, 0.3) is 0 Å². The van der Waals surface area contributed by atoms with E-state index in [4.69, 9.17) is 0 Å². The van der Waals surface area contributed by atoms with E-state index in [1.54, 1.807) is 6.07 Å². The van der Waals surface area contributed by atoms with E-state index in [1.165, 1.54) is 5.56 Å². The first-order valence-corrected chi connectivity index (χ1v) is 8.91. The van der Waals surface area contributed by atoms with Crippen LogP contribution in [0.4, 0.5) is 5.82 Å². The molecule has 1 aromatic heterocycles. The number of carbonyl (C=O) groups is 1. The van der Waals surface area contributed by atoms with Gasteiger partial charge in [0.05, 0.1) is 12.6 Å². The van der Waals surface area contributed by atoms with Gasteiger partial charge in [0, 0.05) is 18.7 Å². The van der Waals surface area contributed by atoms with Crippen molar-refractivity contribution in [2.75, 3.05) is 18.4 Å². The Morgan fingerprint density at radius 1 is 1.15 bits per heavy atom. The molecular weight excluding hydrogens is 326 g/mol. The highest BCUT2D eigenvalue weighted by molar-refractivity contribution is 5.90. The monoisotopic (exact) mass is 353 g/mol. The minimum absolute atomic E-state index is 0.0983. The van der Waals surface area contributed by atoms with Gasteiger partial charge in [-0.1, -0.05) is 36.4 Å². The zero-order chi connectivity index (χ0) is 18.8. The fourth-order valence-corrected chi connectivity index (χ4v) is 2.44. The topological polar surface area (TPSA) is 78.4 Å². The van der Waals surface area contributed by atoms with E-state index < -0.39 is 0 Å². The standard InChI is InChI=1S/C20H27N5O/c1-4-21-20(24-16(3)17-10-6-5-7-11-17)22-14-13-19(26)25-18-12-8-9-15(2)23-18/h5-12,16H,4,13-14H2,1-3H3,(H2,21,22,24)(H,23,25,26). The molecule has 0 bridgehead atoms. The molecule has 0 saturated heterocycles. The third-order valence-electron chi connectivity index (χ3n) is 3.76. The van der Waals surface area contributed by atoms with Gasteiger partial charge in [-0.15, -0.1) is 0 Å². The summed E-state index contributed by atoms with van der Waals surface area (Å²) in [5.74, 6) is 1.17. The summed E-state index contributed by atoms with van der Waals surface area (Å²) >= 11 is 0. The van der Waals surface area contributed by atoms with Gasteiger partial charge in [-0.05, 0) is 38.5 Å². The lowest BCUT2D eigenvalue weighted by atomic mass is 10.1. The van der Waals surface area contributed by atoms with Crippen LogP contribution in [-0.4, -0.2) is 29.9 Å². The SMILES string of the molecule is CCNC(=NCCC(=O)Nc1cccc(C)n1)NC(C)c1ccccc1.